The topological polar surface area (TPSA) is 63.2 Å². The zero-order valence-electron chi connectivity index (χ0n) is 13.9. The van der Waals surface area contributed by atoms with Gasteiger partial charge in [0.15, 0.2) is 5.13 Å². The van der Waals surface area contributed by atoms with E-state index in [9.17, 15) is 4.79 Å². The van der Waals surface area contributed by atoms with Crippen LogP contribution >= 0.6 is 11.3 Å². The van der Waals surface area contributed by atoms with Crippen LogP contribution in [-0.2, 0) is 4.79 Å². The first-order chi connectivity index (χ1) is 12.2. The van der Waals surface area contributed by atoms with E-state index in [4.69, 9.17) is 4.74 Å². The van der Waals surface area contributed by atoms with E-state index < -0.39 is 0 Å². The Morgan fingerprint density at radius 2 is 2.08 bits per heavy atom. The van der Waals surface area contributed by atoms with Crippen LogP contribution in [0.3, 0.4) is 0 Å². The summed E-state index contributed by atoms with van der Waals surface area (Å²) < 4.78 is 5.36. The number of carbonyl (C=O) groups is 1. The molecule has 0 spiro atoms. The van der Waals surface area contributed by atoms with E-state index in [0.29, 0.717) is 0 Å². The van der Waals surface area contributed by atoms with Crippen molar-refractivity contribution in [3.8, 4) is 17.0 Å². The predicted molar refractivity (Wildman–Crippen MR) is 101 cm³/mol. The molecule has 4 rings (SSSR count). The van der Waals surface area contributed by atoms with Crippen molar-refractivity contribution in [2.75, 3.05) is 17.7 Å². The largest absolute Gasteiger partial charge is 0.495 e. The first-order valence-corrected chi connectivity index (χ1v) is 8.84. The van der Waals surface area contributed by atoms with Gasteiger partial charge in [-0.05, 0) is 36.8 Å². The summed E-state index contributed by atoms with van der Waals surface area (Å²) in [5, 5.41) is 8.99. The number of para-hydroxylation sites is 2. The second-order valence-electron chi connectivity index (χ2n) is 5.88. The Hall–Kier alpha value is -2.86. The number of nitrogens with zero attached hydrogens (tertiary/aromatic N) is 1. The number of fused-ring (bicyclic) bond motifs is 1. The number of amides is 1. The highest BCUT2D eigenvalue weighted by Gasteiger charge is 2.26. The fourth-order valence-corrected chi connectivity index (χ4v) is 3.64. The van der Waals surface area contributed by atoms with Gasteiger partial charge >= 0.3 is 0 Å². The second kappa shape index (κ2) is 6.22. The zero-order valence-corrected chi connectivity index (χ0v) is 14.7. The lowest BCUT2D eigenvalue weighted by Crippen LogP contribution is -2.08. The molecular formula is C19H17N3O2S. The molecule has 25 heavy (non-hydrogen) atoms. The maximum atomic E-state index is 11.8. The van der Waals surface area contributed by atoms with Crippen molar-refractivity contribution in [3.05, 3.63) is 53.4 Å². The molecule has 1 aliphatic rings. The summed E-state index contributed by atoms with van der Waals surface area (Å²) in [6.45, 7) is 1.92. The summed E-state index contributed by atoms with van der Waals surface area (Å²) in [5.41, 5.74) is 4.69. The number of ether oxygens (including phenoxy) is 1. The lowest BCUT2D eigenvalue weighted by atomic mass is 10.00. The van der Waals surface area contributed by atoms with E-state index in [-0.39, 0.29) is 11.8 Å². The molecular weight excluding hydrogens is 334 g/mol. The average molecular weight is 351 g/mol. The molecule has 1 amide bonds. The highest BCUT2D eigenvalue weighted by Crippen LogP contribution is 2.36. The summed E-state index contributed by atoms with van der Waals surface area (Å²) >= 11 is 1.53. The van der Waals surface area contributed by atoms with Crippen LogP contribution in [0.25, 0.3) is 11.3 Å². The van der Waals surface area contributed by atoms with Gasteiger partial charge in [-0.1, -0.05) is 18.2 Å². The van der Waals surface area contributed by atoms with Crippen LogP contribution in [0.2, 0.25) is 0 Å². The Labute approximate surface area is 149 Å². The monoisotopic (exact) mass is 351 g/mol. The Kier molecular flexibility index (Phi) is 3.89. The van der Waals surface area contributed by atoms with Crippen LogP contribution < -0.4 is 15.4 Å². The summed E-state index contributed by atoms with van der Waals surface area (Å²) in [5.74, 6) is 0.693. The smallest absolute Gasteiger partial charge is 0.231 e. The van der Waals surface area contributed by atoms with Crippen molar-refractivity contribution in [2.24, 2.45) is 0 Å². The number of aromatic nitrogens is 1. The molecule has 0 bridgehead atoms. The van der Waals surface area contributed by atoms with E-state index in [1.807, 2.05) is 54.8 Å². The van der Waals surface area contributed by atoms with Gasteiger partial charge in [0.1, 0.15) is 5.75 Å². The SMILES string of the molecule is COc1ccccc1Nc1nc(-c2ccc3c(c2)[C@H](C)C(=O)N3)cs1. The molecule has 2 N–H and O–H groups in total. The molecule has 1 aromatic heterocycles. The molecule has 0 radical (unpaired) electrons. The van der Waals surface area contributed by atoms with Crippen molar-refractivity contribution in [2.45, 2.75) is 12.8 Å². The van der Waals surface area contributed by atoms with Crippen LogP contribution in [0.1, 0.15) is 18.4 Å². The Morgan fingerprint density at radius 1 is 1.24 bits per heavy atom. The minimum Gasteiger partial charge on any atom is -0.495 e. The number of hydrogen-bond acceptors (Lipinski definition) is 5. The van der Waals surface area contributed by atoms with E-state index in [1.54, 1.807) is 7.11 Å². The van der Waals surface area contributed by atoms with E-state index in [0.717, 1.165) is 39.1 Å². The fraction of sp³-hybridized carbons (Fsp3) is 0.158. The first-order valence-electron chi connectivity index (χ1n) is 7.96. The number of thiazole rings is 1. The maximum absolute atomic E-state index is 11.8. The molecule has 0 saturated carbocycles. The molecule has 1 aliphatic heterocycles. The van der Waals surface area contributed by atoms with Crippen molar-refractivity contribution in [1.29, 1.82) is 0 Å². The minimum absolute atomic E-state index is 0.0453. The molecule has 2 aromatic carbocycles. The molecule has 1 atom stereocenters. The van der Waals surface area contributed by atoms with E-state index >= 15 is 0 Å². The van der Waals surface area contributed by atoms with Gasteiger partial charge in [-0.3, -0.25) is 4.79 Å². The van der Waals surface area contributed by atoms with Crippen molar-refractivity contribution < 1.29 is 9.53 Å². The van der Waals surface area contributed by atoms with Crippen LogP contribution in [0.5, 0.6) is 5.75 Å². The predicted octanol–water partition coefficient (Wildman–Crippen LogP) is 4.62. The lowest BCUT2D eigenvalue weighted by Gasteiger charge is -2.08. The van der Waals surface area contributed by atoms with Crippen molar-refractivity contribution in [1.82, 2.24) is 4.98 Å². The van der Waals surface area contributed by atoms with Gasteiger partial charge in [0.25, 0.3) is 0 Å². The number of anilines is 3. The normalized spacial score (nSPS) is 15.6. The Bertz CT molecular complexity index is 951. The molecule has 2 heterocycles. The van der Waals surface area contributed by atoms with Crippen LogP contribution in [-0.4, -0.2) is 18.0 Å². The third-order valence-electron chi connectivity index (χ3n) is 4.32. The number of nitrogens with one attached hydrogen (secondary N) is 2. The fourth-order valence-electron chi connectivity index (χ4n) is 2.90. The lowest BCUT2D eigenvalue weighted by molar-refractivity contribution is -0.116. The summed E-state index contributed by atoms with van der Waals surface area (Å²) in [6.07, 6.45) is 0. The summed E-state index contributed by atoms with van der Waals surface area (Å²) in [6, 6.07) is 13.7. The highest BCUT2D eigenvalue weighted by atomic mass is 32.1. The van der Waals surface area contributed by atoms with Gasteiger partial charge in [-0.25, -0.2) is 4.98 Å². The molecule has 0 aliphatic carbocycles. The first kappa shape index (κ1) is 15.7. The summed E-state index contributed by atoms with van der Waals surface area (Å²) in [4.78, 5) is 16.5. The number of carbonyl (C=O) groups excluding carboxylic acids is 1. The van der Waals surface area contributed by atoms with Crippen LogP contribution in [0, 0.1) is 0 Å². The van der Waals surface area contributed by atoms with Gasteiger partial charge in [-0.15, -0.1) is 11.3 Å². The minimum atomic E-state index is -0.125. The number of benzene rings is 2. The zero-order chi connectivity index (χ0) is 17.4. The van der Waals surface area contributed by atoms with Gasteiger partial charge < -0.3 is 15.4 Å². The van der Waals surface area contributed by atoms with Crippen LogP contribution in [0.15, 0.2) is 47.8 Å². The van der Waals surface area contributed by atoms with E-state index in [2.05, 4.69) is 15.6 Å². The van der Waals surface area contributed by atoms with Crippen molar-refractivity contribution >= 4 is 33.8 Å². The molecule has 3 aromatic rings. The molecule has 5 nitrogen and oxygen atoms in total. The van der Waals surface area contributed by atoms with Gasteiger partial charge in [0.05, 0.1) is 24.4 Å². The quantitative estimate of drug-likeness (QED) is 0.720. The number of rotatable bonds is 4. The number of hydrogen-bond donors (Lipinski definition) is 2. The van der Waals surface area contributed by atoms with Gasteiger partial charge in [0.2, 0.25) is 5.91 Å². The van der Waals surface area contributed by atoms with Crippen LogP contribution in [0.4, 0.5) is 16.5 Å². The highest BCUT2D eigenvalue weighted by molar-refractivity contribution is 7.14. The Morgan fingerprint density at radius 3 is 2.92 bits per heavy atom. The molecule has 0 saturated heterocycles. The summed E-state index contributed by atoms with van der Waals surface area (Å²) in [7, 11) is 1.65. The molecule has 0 unspecified atom stereocenters. The van der Waals surface area contributed by atoms with Gasteiger partial charge in [0, 0.05) is 16.6 Å². The van der Waals surface area contributed by atoms with E-state index in [1.165, 1.54) is 11.3 Å². The second-order valence-corrected chi connectivity index (χ2v) is 6.73. The standard InChI is InChI=1S/C19H17N3O2S/c1-11-13-9-12(7-8-14(13)20-18(11)23)16-10-25-19(22-16)21-15-5-3-4-6-17(15)24-2/h3-11H,1-2H3,(H,20,23)(H,21,22)/t11-/m0/s1. The Balaban J connectivity index is 1.61. The maximum Gasteiger partial charge on any atom is 0.231 e. The molecule has 126 valence electrons. The number of methoxy groups -OCH3 is 1. The molecule has 6 heteroatoms. The van der Waals surface area contributed by atoms with Gasteiger partial charge in [-0.2, -0.15) is 0 Å². The molecule has 0 fully saturated rings. The van der Waals surface area contributed by atoms with Crippen molar-refractivity contribution in [3.63, 3.8) is 0 Å². The third kappa shape index (κ3) is 2.85. The average Bonchev–Trinajstić information content (AvgIpc) is 3.20. The third-order valence-corrected chi connectivity index (χ3v) is 5.08.